The second kappa shape index (κ2) is 6.41. The highest BCUT2D eigenvalue weighted by atomic mass is 35.5. The van der Waals surface area contributed by atoms with Gasteiger partial charge in [0, 0.05) is 30.3 Å². The molecule has 1 aliphatic rings. The Labute approximate surface area is 113 Å². The first kappa shape index (κ1) is 13.7. The van der Waals surface area contributed by atoms with Crippen LogP contribution in [0.2, 0.25) is 5.02 Å². The van der Waals surface area contributed by atoms with Gasteiger partial charge in [0.2, 0.25) is 0 Å². The predicted octanol–water partition coefficient (Wildman–Crippen LogP) is 3.01. The van der Waals surface area contributed by atoms with Gasteiger partial charge in [-0.15, -0.1) is 0 Å². The molecule has 0 saturated heterocycles. The lowest BCUT2D eigenvalue weighted by molar-refractivity contribution is 0.107. The van der Waals surface area contributed by atoms with E-state index >= 15 is 0 Å². The molecule has 1 aromatic rings. The lowest BCUT2D eigenvalue weighted by atomic mass is 10.1. The van der Waals surface area contributed by atoms with Crippen LogP contribution in [0.5, 0.6) is 5.75 Å². The molecule has 0 heterocycles. The summed E-state index contributed by atoms with van der Waals surface area (Å²) in [5.41, 5.74) is 1.03. The van der Waals surface area contributed by atoms with Crippen LogP contribution in [0.1, 0.15) is 24.8 Å². The van der Waals surface area contributed by atoms with Gasteiger partial charge in [0.05, 0.1) is 13.2 Å². The zero-order chi connectivity index (χ0) is 13.0. The SMILES string of the molecule is COc1cccc(Cl)c1CNC1CCC(OC)C1. The van der Waals surface area contributed by atoms with Crippen LogP contribution < -0.4 is 10.1 Å². The molecule has 1 aromatic carbocycles. The van der Waals surface area contributed by atoms with E-state index in [9.17, 15) is 0 Å². The molecule has 2 rings (SSSR count). The topological polar surface area (TPSA) is 30.5 Å². The lowest BCUT2D eigenvalue weighted by Crippen LogP contribution is -2.27. The van der Waals surface area contributed by atoms with Gasteiger partial charge in [-0.1, -0.05) is 17.7 Å². The smallest absolute Gasteiger partial charge is 0.124 e. The zero-order valence-electron chi connectivity index (χ0n) is 10.9. The molecule has 18 heavy (non-hydrogen) atoms. The van der Waals surface area contributed by atoms with Crippen LogP contribution in [0.25, 0.3) is 0 Å². The number of hydrogen-bond acceptors (Lipinski definition) is 3. The molecule has 4 heteroatoms. The first-order valence-corrected chi connectivity index (χ1v) is 6.70. The summed E-state index contributed by atoms with van der Waals surface area (Å²) in [6, 6.07) is 6.25. The molecule has 0 amide bonds. The Hall–Kier alpha value is -0.770. The predicted molar refractivity (Wildman–Crippen MR) is 73.3 cm³/mol. The fraction of sp³-hybridized carbons (Fsp3) is 0.571. The summed E-state index contributed by atoms with van der Waals surface area (Å²) in [4.78, 5) is 0. The first-order chi connectivity index (χ1) is 8.74. The molecule has 1 saturated carbocycles. The van der Waals surface area contributed by atoms with Crippen molar-refractivity contribution >= 4 is 11.6 Å². The molecule has 100 valence electrons. The Morgan fingerprint density at radius 3 is 2.83 bits per heavy atom. The van der Waals surface area contributed by atoms with Crippen molar-refractivity contribution in [3.05, 3.63) is 28.8 Å². The largest absolute Gasteiger partial charge is 0.496 e. The standard InChI is InChI=1S/C14H20ClNO2/c1-17-11-7-6-10(8-11)16-9-12-13(15)4-3-5-14(12)18-2/h3-5,10-11,16H,6-9H2,1-2H3. The number of rotatable bonds is 5. The van der Waals surface area contributed by atoms with E-state index in [1.54, 1.807) is 14.2 Å². The fourth-order valence-corrected chi connectivity index (χ4v) is 2.72. The third kappa shape index (κ3) is 3.16. The summed E-state index contributed by atoms with van der Waals surface area (Å²) in [6.07, 6.45) is 3.76. The van der Waals surface area contributed by atoms with Crippen molar-refractivity contribution in [3.8, 4) is 5.75 Å². The van der Waals surface area contributed by atoms with Gasteiger partial charge in [-0.3, -0.25) is 0 Å². The Morgan fingerprint density at radius 2 is 2.17 bits per heavy atom. The minimum atomic E-state index is 0.399. The summed E-state index contributed by atoms with van der Waals surface area (Å²) in [7, 11) is 3.45. The highest BCUT2D eigenvalue weighted by molar-refractivity contribution is 6.31. The number of methoxy groups -OCH3 is 2. The molecule has 1 N–H and O–H groups in total. The van der Waals surface area contributed by atoms with E-state index in [2.05, 4.69) is 5.32 Å². The molecule has 0 bridgehead atoms. The molecule has 0 aliphatic heterocycles. The highest BCUT2D eigenvalue weighted by Crippen LogP contribution is 2.27. The van der Waals surface area contributed by atoms with E-state index in [0.717, 1.165) is 42.1 Å². The average Bonchev–Trinajstić information content (AvgIpc) is 2.85. The van der Waals surface area contributed by atoms with Crippen molar-refractivity contribution in [2.24, 2.45) is 0 Å². The van der Waals surface area contributed by atoms with Crippen molar-refractivity contribution in [3.63, 3.8) is 0 Å². The van der Waals surface area contributed by atoms with Crippen molar-refractivity contribution in [2.45, 2.75) is 38.0 Å². The van der Waals surface area contributed by atoms with Gasteiger partial charge in [0.15, 0.2) is 0 Å². The normalized spacial score (nSPS) is 23.3. The highest BCUT2D eigenvalue weighted by Gasteiger charge is 2.24. The minimum Gasteiger partial charge on any atom is -0.496 e. The maximum atomic E-state index is 6.20. The molecule has 0 aromatic heterocycles. The Kier molecular flexibility index (Phi) is 4.87. The van der Waals surface area contributed by atoms with E-state index in [-0.39, 0.29) is 0 Å². The quantitative estimate of drug-likeness (QED) is 0.891. The fourth-order valence-electron chi connectivity index (χ4n) is 2.49. The van der Waals surface area contributed by atoms with Gasteiger partial charge < -0.3 is 14.8 Å². The van der Waals surface area contributed by atoms with E-state index in [1.165, 1.54) is 0 Å². The first-order valence-electron chi connectivity index (χ1n) is 6.32. The van der Waals surface area contributed by atoms with Crippen LogP contribution in [0.4, 0.5) is 0 Å². The molecule has 1 aliphatic carbocycles. The Bertz CT molecular complexity index is 397. The van der Waals surface area contributed by atoms with Gasteiger partial charge in [-0.2, -0.15) is 0 Å². The summed E-state index contributed by atoms with van der Waals surface area (Å²) in [5.74, 6) is 0.844. The van der Waals surface area contributed by atoms with E-state index < -0.39 is 0 Å². The molecule has 1 fully saturated rings. The van der Waals surface area contributed by atoms with Gasteiger partial charge in [-0.25, -0.2) is 0 Å². The van der Waals surface area contributed by atoms with Crippen LogP contribution in [0.15, 0.2) is 18.2 Å². The average molecular weight is 270 g/mol. The molecular weight excluding hydrogens is 250 g/mol. The Balaban J connectivity index is 1.94. The third-order valence-corrected chi connectivity index (χ3v) is 3.94. The molecule has 0 radical (unpaired) electrons. The molecule has 2 atom stereocenters. The monoisotopic (exact) mass is 269 g/mol. The summed E-state index contributed by atoms with van der Waals surface area (Å²) >= 11 is 6.20. The maximum Gasteiger partial charge on any atom is 0.124 e. The zero-order valence-corrected chi connectivity index (χ0v) is 11.7. The lowest BCUT2D eigenvalue weighted by Gasteiger charge is -2.15. The van der Waals surface area contributed by atoms with Crippen LogP contribution in [0.3, 0.4) is 0 Å². The number of halogens is 1. The second-order valence-corrected chi connectivity index (χ2v) is 5.08. The minimum absolute atomic E-state index is 0.399. The van der Waals surface area contributed by atoms with Crippen molar-refractivity contribution < 1.29 is 9.47 Å². The van der Waals surface area contributed by atoms with Gasteiger partial charge in [0.25, 0.3) is 0 Å². The van der Waals surface area contributed by atoms with E-state index in [1.807, 2.05) is 18.2 Å². The van der Waals surface area contributed by atoms with E-state index in [0.29, 0.717) is 12.1 Å². The van der Waals surface area contributed by atoms with Crippen LogP contribution in [0, 0.1) is 0 Å². The van der Waals surface area contributed by atoms with Crippen molar-refractivity contribution in [1.29, 1.82) is 0 Å². The summed E-state index contributed by atoms with van der Waals surface area (Å²) in [6.45, 7) is 0.740. The number of nitrogens with one attached hydrogen (secondary N) is 1. The second-order valence-electron chi connectivity index (χ2n) is 4.67. The van der Waals surface area contributed by atoms with Crippen LogP contribution in [-0.2, 0) is 11.3 Å². The molecule has 2 unspecified atom stereocenters. The molecule has 3 nitrogen and oxygen atoms in total. The number of benzene rings is 1. The number of ether oxygens (including phenoxy) is 2. The van der Waals surface area contributed by atoms with Crippen LogP contribution >= 0.6 is 11.6 Å². The van der Waals surface area contributed by atoms with E-state index in [4.69, 9.17) is 21.1 Å². The number of hydrogen-bond donors (Lipinski definition) is 1. The van der Waals surface area contributed by atoms with Crippen molar-refractivity contribution in [1.82, 2.24) is 5.32 Å². The van der Waals surface area contributed by atoms with Gasteiger partial charge in [0.1, 0.15) is 5.75 Å². The molecule has 0 spiro atoms. The van der Waals surface area contributed by atoms with Crippen molar-refractivity contribution in [2.75, 3.05) is 14.2 Å². The van der Waals surface area contributed by atoms with Gasteiger partial charge in [-0.05, 0) is 31.4 Å². The summed E-state index contributed by atoms with van der Waals surface area (Å²) < 4.78 is 10.7. The summed E-state index contributed by atoms with van der Waals surface area (Å²) in [5, 5.41) is 4.29. The van der Waals surface area contributed by atoms with Gasteiger partial charge >= 0.3 is 0 Å². The molecular formula is C14H20ClNO2. The van der Waals surface area contributed by atoms with Crippen LogP contribution in [-0.4, -0.2) is 26.4 Å². The maximum absolute atomic E-state index is 6.20. The Morgan fingerprint density at radius 1 is 1.33 bits per heavy atom. The third-order valence-electron chi connectivity index (χ3n) is 3.58.